The molecule has 2 rings (SSSR count). The topological polar surface area (TPSA) is 43.8 Å². The van der Waals surface area contributed by atoms with Crippen molar-refractivity contribution in [3.63, 3.8) is 0 Å². The Bertz CT molecular complexity index is 443. The molecule has 4 nitrogen and oxygen atoms in total. The van der Waals surface area contributed by atoms with Gasteiger partial charge in [0.05, 0.1) is 6.10 Å². The van der Waals surface area contributed by atoms with Crippen LogP contribution >= 0.6 is 0 Å². The van der Waals surface area contributed by atoms with Crippen LogP contribution in [0.2, 0.25) is 0 Å². The molecular formula is C16H24N2O2. The highest BCUT2D eigenvalue weighted by Crippen LogP contribution is 2.33. The molecule has 1 amide bonds. The molecule has 0 spiro atoms. The van der Waals surface area contributed by atoms with E-state index in [2.05, 4.69) is 0 Å². The summed E-state index contributed by atoms with van der Waals surface area (Å²) in [4.78, 5) is 16.0. The molecule has 0 saturated heterocycles. The van der Waals surface area contributed by atoms with Crippen LogP contribution in [0, 0.1) is 5.92 Å². The molecule has 0 radical (unpaired) electrons. The van der Waals surface area contributed by atoms with E-state index in [9.17, 15) is 9.90 Å². The van der Waals surface area contributed by atoms with Crippen molar-refractivity contribution in [1.82, 2.24) is 9.80 Å². The Morgan fingerprint density at radius 1 is 1.25 bits per heavy atom. The van der Waals surface area contributed by atoms with Crippen LogP contribution in [-0.4, -0.2) is 54.6 Å². The molecule has 20 heavy (non-hydrogen) atoms. The number of aliphatic hydroxyl groups excluding tert-OH is 1. The maximum atomic E-state index is 12.5. The lowest BCUT2D eigenvalue weighted by atomic mass is 10.0. The van der Waals surface area contributed by atoms with Crippen molar-refractivity contribution in [2.24, 2.45) is 5.92 Å². The minimum Gasteiger partial charge on any atom is -0.392 e. The van der Waals surface area contributed by atoms with Gasteiger partial charge in [0.25, 0.3) is 0 Å². The molecule has 1 aromatic rings. The number of likely N-dealkylation sites (N-methyl/N-ethyl adjacent to an activating group) is 2. The van der Waals surface area contributed by atoms with E-state index in [1.807, 2.05) is 42.3 Å². The van der Waals surface area contributed by atoms with E-state index in [1.165, 1.54) is 0 Å². The number of nitrogens with zero attached hydrogens (tertiary/aromatic N) is 2. The molecule has 1 aromatic carbocycles. The van der Waals surface area contributed by atoms with Gasteiger partial charge in [-0.05, 0) is 31.4 Å². The standard InChI is InChI=1S/C16H24N2O2/c1-17(2)16(20)15(13-7-5-4-6-8-13)18(3)11-14(19)12-9-10-12/h4-8,12,14-15,19H,9-11H2,1-3H3. The molecule has 1 saturated carbocycles. The lowest BCUT2D eigenvalue weighted by Crippen LogP contribution is -2.41. The maximum absolute atomic E-state index is 12.5. The number of rotatable bonds is 6. The summed E-state index contributed by atoms with van der Waals surface area (Å²) in [7, 11) is 5.44. The SMILES string of the molecule is CN(C)C(=O)C(c1ccccc1)N(C)CC(O)C1CC1. The highest BCUT2D eigenvalue weighted by molar-refractivity contribution is 5.82. The molecule has 0 bridgehead atoms. The monoisotopic (exact) mass is 276 g/mol. The van der Waals surface area contributed by atoms with Gasteiger partial charge in [0.15, 0.2) is 0 Å². The summed E-state index contributed by atoms with van der Waals surface area (Å²) >= 11 is 0. The highest BCUT2D eigenvalue weighted by Gasteiger charge is 2.33. The number of amides is 1. The Balaban J connectivity index is 2.15. The van der Waals surface area contributed by atoms with Gasteiger partial charge in [-0.1, -0.05) is 30.3 Å². The van der Waals surface area contributed by atoms with Crippen LogP contribution in [0.1, 0.15) is 24.4 Å². The van der Waals surface area contributed by atoms with Crippen LogP contribution in [0.15, 0.2) is 30.3 Å². The zero-order chi connectivity index (χ0) is 14.7. The second-order valence-electron chi connectivity index (χ2n) is 5.89. The van der Waals surface area contributed by atoms with Gasteiger partial charge in [-0.15, -0.1) is 0 Å². The molecule has 0 heterocycles. The van der Waals surface area contributed by atoms with Gasteiger partial charge in [-0.25, -0.2) is 0 Å². The highest BCUT2D eigenvalue weighted by atomic mass is 16.3. The first-order valence-electron chi connectivity index (χ1n) is 7.15. The minimum atomic E-state index is -0.334. The second-order valence-corrected chi connectivity index (χ2v) is 5.89. The fraction of sp³-hybridized carbons (Fsp3) is 0.562. The fourth-order valence-corrected chi connectivity index (χ4v) is 2.50. The Labute approximate surface area is 121 Å². The summed E-state index contributed by atoms with van der Waals surface area (Å²) in [5.74, 6) is 0.463. The van der Waals surface area contributed by atoms with Crippen LogP contribution in [0.5, 0.6) is 0 Å². The van der Waals surface area contributed by atoms with Crippen molar-refractivity contribution in [3.8, 4) is 0 Å². The van der Waals surface area contributed by atoms with E-state index in [0.717, 1.165) is 18.4 Å². The predicted molar refractivity (Wildman–Crippen MR) is 79.2 cm³/mol. The summed E-state index contributed by atoms with van der Waals surface area (Å²) in [5.41, 5.74) is 0.969. The Morgan fingerprint density at radius 3 is 2.35 bits per heavy atom. The first-order chi connectivity index (χ1) is 9.50. The number of carbonyl (C=O) groups is 1. The van der Waals surface area contributed by atoms with Crippen molar-refractivity contribution in [2.45, 2.75) is 25.0 Å². The van der Waals surface area contributed by atoms with Crippen molar-refractivity contribution in [3.05, 3.63) is 35.9 Å². The number of benzene rings is 1. The third-order valence-corrected chi connectivity index (χ3v) is 3.87. The van der Waals surface area contributed by atoms with Crippen LogP contribution in [0.25, 0.3) is 0 Å². The Kier molecular flexibility index (Phi) is 4.78. The third kappa shape index (κ3) is 3.58. The van der Waals surface area contributed by atoms with Crippen LogP contribution in [0.4, 0.5) is 0 Å². The van der Waals surface area contributed by atoms with E-state index in [-0.39, 0.29) is 18.1 Å². The molecule has 1 aliphatic carbocycles. The molecule has 2 atom stereocenters. The van der Waals surface area contributed by atoms with Crippen LogP contribution in [0.3, 0.4) is 0 Å². The quantitative estimate of drug-likeness (QED) is 0.856. The fourth-order valence-electron chi connectivity index (χ4n) is 2.50. The molecular weight excluding hydrogens is 252 g/mol. The van der Waals surface area contributed by atoms with Crippen molar-refractivity contribution in [2.75, 3.05) is 27.7 Å². The van der Waals surface area contributed by atoms with E-state index < -0.39 is 0 Å². The summed E-state index contributed by atoms with van der Waals surface area (Å²) in [6.45, 7) is 0.532. The summed E-state index contributed by atoms with van der Waals surface area (Å²) < 4.78 is 0. The molecule has 110 valence electrons. The third-order valence-electron chi connectivity index (χ3n) is 3.87. The molecule has 1 fully saturated rings. The molecule has 1 N–H and O–H groups in total. The number of aliphatic hydroxyl groups is 1. The number of hydrogen-bond donors (Lipinski definition) is 1. The lowest BCUT2D eigenvalue weighted by Gasteiger charge is -2.31. The van der Waals surface area contributed by atoms with Gasteiger partial charge in [0, 0.05) is 20.6 Å². The molecule has 2 unspecified atom stereocenters. The smallest absolute Gasteiger partial charge is 0.244 e. The van der Waals surface area contributed by atoms with E-state index >= 15 is 0 Å². The lowest BCUT2D eigenvalue weighted by molar-refractivity contribution is -0.134. The van der Waals surface area contributed by atoms with Gasteiger partial charge in [0.1, 0.15) is 6.04 Å². The predicted octanol–water partition coefficient (Wildman–Crippen LogP) is 1.52. The normalized spacial score (nSPS) is 17.9. The van der Waals surface area contributed by atoms with Crippen molar-refractivity contribution >= 4 is 5.91 Å². The van der Waals surface area contributed by atoms with E-state index in [1.54, 1.807) is 19.0 Å². The molecule has 1 aliphatic rings. The Morgan fingerprint density at radius 2 is 1.85 bits per heavy atom. The largest absolute Gasteiger partial charge is 0.392 e. The summed E-state index contributed by atoms with van der Waals surface area (Å²) in [6.07, 6.45) is 1.88. The number of carbonyl (C=O) groups excluding carboxylic acids is 1. The summed E-state index contributed by atoms with van der Waals surface area (Å²) in [5, 5.41) is 10.1. The molecule has 0 aromatic heterocycles. The van der Waals surface area contributed by atoms with Crippen LogP contribution in [-0.2, 0) is 4.79 Å². The zero-order valence-corrected chi connectivity index (χ0v) is 12.5. The Hall–Kier alpha value is -1.39. The van der Waals surface area contributed by atoms with Crippen LogP contribution < -0.4 is 0 Å². The second kappa shape index (κ2) is 6.37. The van der Waals surface area contributed by atoms with Gasteiger partial charge in [-0.2, -0.15) is 0 Å². The average molecular weight is 276 g/mol. The maximum Gasteiger partial charge on any atom is 0.244 e. The van der Waals surface area contributed by atoms with Gasteiger partial charge in [-0.3, -0.25) is 9.69 Å². The van der Waals surface area contributed by atoms with Gasteiger partial charge >= 0.3 is 0 Å². The van der Waals surface area contributed by atoms with Gasteiger partial charge in [0.2, 0.25) is 5.91 Å². The van der Waals surface area contributed by atoms with Crippen molar-refractivity contribution < 1.29 is 9.90 Å². The minimum absolute atomic E-state index is 0.0432. The number of hydrogen-bond acceptors (Lipinski definition) is 3. The molecule has 4 heteroatoms. The summed E-state index contributed by atoms with van der Waals surface area (Å²) in [6, 6.07) is 9.42. The first kappa shape index (κ1) is 15.0. The van der Waals surface area contributed by atoms with Gasteiger partial charge < -0.3 is 10.0 Å². The van der Waals surface area contributed by atoms with E-state index in [0.29, 0.717) is 12.5 Å². The van der Waals surface area contributed by atoms with Crippen molar-refractivity contribution in [1.29, 1.82) is 0 Å². The zero-order valence-electron chi connectivity index (χ0n) is 12.5. The van der Waals surface area contributed by atoms with E-state index in [4.69, 9.17) is 0 Å². The molecule has 0 aliphatic heterocycles. The average Bonchev–Trinajstić information content (AvgIpc) is 3.24. The first-order valence-corrected chi connectivity index (χ1v) is 7.15.